The summed E-state index contributed by atoms with van der Waals surface area (Å²) in [6, 6.07) is 6.27. The highest BCUT2D eigenvalue weighted by Gasteiger charge is 2.79. The second-order valence-electron chi connectivity index (χ2n) is 7.89. The Labute approximate surface area is 160 Å². The number of nitriles is 3. The van der Waals surface area contributed by atoms with Crippen LogP contribution < -0.4 is 0 Å². The molecule has 0 aromatic carbocycles. The van der Waals surface area contributed by atoms with Crippen molar-refractivity contribution in [3.05, 3.63) is 12.7 Å². The van der Waals surface area contributed by atoms with E-state index in [0.29, 0.717) is 12.8 Å². The molecule has 1 aliphatic carbocycles. The molecule has 0 aromatic heterocycles. The number of rotatable bonds is 1. The van der Waals surface area contributed by atoms with E-state index in [0.717, 1.165) is 38.5 Å². The predicted octanol–water partition coefficient (Wildman–Crippen LogP) is 4.35. The van der Waals surface area contributed by atoms with E-state index in [4.69, 9.17) is 14.9 Å². The van der Waals surface area contributed by atoms with Gasteiger partial charge in [0.25, 0.3) is 0 Å². The molecule has 4 atom stereocenters. The summed E-state index contributed by atoms with van der Waals surface area (Å²) >= 11 is 0. The molecule has 4 unspecified atom stereocenters. The van der Waals surface area contributed by atoms with Crippen molar-refractivity contribution in [3.63, 3.8) is 0 Å². The molecular weight excluding hydrogens is 340 g/mol. The number of hydrogen-bond acceptors (Lipinski definition) is 6. The van der Waals surface area contributed by atoms with Crippen molar-refractivity contribution < 1.29 is 9.47 Å². The first-order valence-electron chi connectivity index (χ1n) is 9.89. The Kier molecular flexibility index (Phi) is 5.27. The van der Waals surface area contributed by atoms with Gasteiger partial charge in [0.15, 0.2) is 5.41 Å². The van der Waals surface area contributed by atoms with Crippen molar-refractivity contribution in [2.45, 2.75) is 76.1 Å². The number of hydrogen-bond donors (Lipinski definition) is 1. The summed E-state index contributed by atoms with van der Waals surface area (Å²) < 4.78 is 12.2. The van der Waals surface area contributed by atoms with E-state index in [1.165, 1.54) is 18.9 Å². The highest BCUT2D eigenvalue weighted by Crippen LogP contribution is 2.65. The number of nitrogens with one attached hydrogen (secondary N) is 1. The first-order chi connectivity index (χ1) is 13.1. The predicted molar refractivity (Wildman–Crippen MR) is 98.0 cm³/mol. The van der Waals surface area contributed by atoms with Crippen LogP contribution in [0.15, 0.2) is 12.7 Å². The molecule has 27 heavy (non-hydrogen) atoms. The van der Waals surface area contributed by atoms with Crippen LogP contribution in [0.2, 0.25) is 0 Å². The van der Waals surface area contributed by atoms with Gasteiger partial charge in [-0.3, -0.25) is 5.41 Å². The van der Waals surface area contributed by atoms with Crippen LogP contribution >= 0.6 is 0 Å². The average Bonchev–Trinajstić information content (AvgIpc) is 2.85. The molecule has 1 saturated carbocycles. The molecular formula is C21H26N4O2. The third-order valence-corrected chi connectivity index (χ3v) is 6.57. The fourth-order valence-corrected chi connectivity index (χ4v) is 5.17. The lowest BCUT2D eigenvalue weighted by molar-refractivity contribution is -0.273. The summed E-state index contributed by atoms with van der Waals surface area (Å²) in [4.78, 5) is 0. The van der Waals surface area contributed by atoms with Crippen LogP contribution in [0.25, 0.3) is 0 Å². The van der Waals surface area contributed by atoms with Crippen molar-refractivity contribution >= 4 is 5.90 Å². The SMILES string of the molecule is C=CC1OC23CCCCCCCCCCC2C(C#N)(C(=N)O3)C1(C#N)C#N. The largest absolute Gasteiger partial charge is 0.447 e. The zero-order valence-electron chi connectivity index (χ0n) is 15.7. The molecule has 6 nitrogen and oxygen atoms in total. The van der Waals surface area contributed by atoms with E-state index in [9.17, 15) is 15.8 Å². The standard InChI is InChI=1S/C21H26N4O2/c1-2-17-19(13-22,14-23)20(15-24)16-11-9-7-5-3-4-6-8-10-12-21(16,26-17)27-18(20)25/h2,16-17,25H,1,3-12H2. The summed E-state index contributed by atoms with van der Waals surface area (Å²) in [5, 5.41) is 38.7. The summed E-state index contributed by atoms with van der Waals surface area (Å²) in [6.07, 6.45) is 10.1. The summed E-state index contributed by atoms with van der Waals surface area (Å²) in [7, 11) is 0. The van der Waals surface area contributed by atoms with Crippen LogP contribution in [0.5, 0.6) is 0 Å². The fraction of sp³-hybridized carbons (Fsp3) is 0.714. The fourth-order valence-electron chi connectivity index (χ4n) is 5.17. The van der Waals surface area contributed by atoms with Crippen LogP contribution in [0, 0.1) is 56.2 Å². The molecule has 6 heteroatoms. The van der Waals surface area contributed by atoms with Gasteiger partial charge >= 0.3 is 0 Å². The van der Waals surface area contributed by atoms with Crippen LogP contribution in [-0.4, -0.2) is 17.8 Å². The second kappa shape index (κ2) is 7.34. The van der Waals surface area contributed by atoms with Crippen molar-refractivity contribution in [3.8, 4) is 18.2 Å². The highest BCUT2D eigenvalue weighted by atomic mass is 16.7. The minimum absolute atomic E-state index is 0.294. The number of ether oxygens (including phenoxy) is 2. The molecule has 0 amide bonds. The molecule has 142 valence electrons. The Morgan fingerprint density at radius 1 is 0.963 bits per heavy atom. The number of nitrogens with zero attached hydrogens (tertiary/aromatic N) is 3. The lowest BCUT2D eigenvalue weighted by atomic mass is 9.53. The zero-order valence-corrected chi connectivity index (χ0v) is 15.7. The lowest BCUT2D eigenvalue weighted by Gasteiger charge is -2.49. The van der Waals surface area contributed by atoms with E-state index in [1.807, 2.05) is 12.1 Å². The van der Waals surface area contributed by atoms with Gasteiger partial charge in [-0.1, -0.05) is 51.0 Å². The van der Waals surface area contributed by atoms with Gasteiger partial charge in [0, 0.05) is 6.42 Å². The maximum Gasteiger partial charge on any atom is 0.217 e. The maximum absolute atomic E-state index is 10.2. The van der Waals surface area contributed by atoms with Crippen LogP contribution in [-0.2, 0) is 9.47 Å². The molecule has 2 aliphatic heterocycles. The second-order valence-corrected chi connectivity index (χ2v) is 7.89. The van der Waals surface area contributed by atoms with Gasteiger partial charge in [0.1, 0.15) is 6.10 Å². The highest BCUT2D eigenvalue weighted by molar-refractivity contribution is 5.89. The smallest absolute Gasteiger partial charge is 0.217 e. The molecule has 3 fully saturated rings. The third-order valence-electron chi connectivity index (χ3n) is 6.57. The van der Waals surface area contributed by atoms with E-state index in [2.05, 4.69) is 12.6 Å². The molecule has 0 radical (unpaired) electrons. The first-order valence-corrected chi connectivity index (χ1v) is 9.89. The van der Waals surface area contributed by atoms with Crippen molar-refractivity contribution in [2.75, 3.05) is 0 Å². The molecule has 2 heterocycles. The zero-order chi connectivity index (χ0) is 19.5. The van der Waals surface area contributed by atoms with E-state index in [-0.39, 0.29) is 5.90 Å². The maximum atomic E-state index is 10.2. The van der Waals surface area contributed by atoms with Gasteiger partial charge in [0.05, 0.1) is 24.1 Å². The molecule has 0 spiro atoms. The summed E-state index contributed by atoms with van der Waals surface area (Å²) in [5.41, 5.74) is -3.46. The Hall–Kier alpha value is -2.36. The monoisotopic (exact) mass is 366 g/mol. The summed E-state index contributed by atoms with van der Waals surface area (Å²) in [5.74, 6) is -1.92. The normalized spacial score (nSPS) is 38.5. The molecule has 0 aromatic rings. The average molecular weight is 366 g/mol. The Morgan fingerprint density at radius 2 is 1.56 bits per heavy atom. The molecule has 2 bridgehead atoms. The van der Waals surface area contributed by atoms with E-state index >= 15 is 0 Å². The van der Waals surface area contributed by atoms with Gasteiger partial charge in [-0.2, -0.15) is 15.8 Å². The van der Waals surface area contributed by atoms with Crippen LogP contribution in [0.3, 0.4) is 0 Å². The molecule has 1 N–H and O–H groups in total. The van der Waals surface area contributed by atoms with Gasteiger partial charge in [0.2, 0.25) is 17.1 Å². The van der Waals surface area contributed by atoms with Gasteiger partial charge in [-0.25, -0.2) is 0 Å². The van der Waals surface area contributed by atoms with Crippen LogP contribution in [0.4, 0.5) is 0 Å². The topological polar surface area (TPSA) is 114 Å². The van der Waals surface area contributed by atoms with Gasteiger partial charge in [-0.15, -0.1) is 6.58 Å². The first kappa shape index (κ1) is 19.4. The van der Waals surface area contributed by atoms with E-state index in [1.54, 1.807) is 0 Å². The Morgan fingerprint density at radius 3 is 2.11 bits per heavy atom. The molecule has 3 rings (SSSR count). The third kappa shape index (κ3) is 2.57. The van der Waals surface area contributed by atoms with Crippen molar-refractivity contribution in [1.82, 2.24) is 0 Å². The van der Waals surface area contributed by atoms with E-state index < -0.39 is 28.6 Å². The lowest BCUT2D eigenvalue weighted by Crippen LogP contribution is -2.62. The van der Waals surface area contributed by atoms with Gasteiger partial charge < -0.3 is 9.47 Å². The Bertz CT molecular complexity index is 729. The van der Waals surface area contributed by atoms with Crippen molar-refractivity contribution in [1.29, 1.82) is 21.2 Å². The summed E-state index contributed by atoms with van der Waals surface area (Å²) in [6.45, 7) is 3.74. The van der Waals surface area contributed by atoms with Gasteiger partial charge in [-0.05, 0) is 12.8 Å². The van der Waals surface area contributed by atoms with Crippen molar-refractivity contribution in [2.24, 2.45) is 16.7 Å². The van der Waals surface area contributed by atoms with Crippen LogP contribution in [0.1, 0.15) is 64.2 Å². The minimum atomic E-state index is -1.83. The Balaban J connectivity index is 2.13. The quantitative estimate of drug-likeness (QED) is 0.693. The molecule has 2 saturated heterocycles. The molecule has 3 aliphatic rings. The minimum Gasteiger partial charge on any atom is -0.447 e.